The van der Waals surface area contributed by atoms with Gasteiger partial charge in [-0.25, -0.2) is 9.97 Å². The van der Waals surface area contributed by atoms with Gasteiger partial charge in [0, 0.05) is 17.7 Å². The van der Waals surface area contributed by atoms with Crippen LogP contribution in [0.2, 0.25) is 0 Å². The molecule has 1 N–H and O–H groups in total. The lowest BCUT2D eigenvalue weighted by Crippen LogP contribution is -2.21. The number of rotatable bonds is 1. The summed E-state index contributed by atoms with van der Waals surface area (Å²) >= 11 is 0. The van der Waals surface area contributed by atoms with Gasteiger partial charge < -0.3 is 5.32 Å². The standard InChI is InChI=1S/C9H11N3O/c1-2-7-6-3-4-8(13)12-9(6)11-5-10-7/h5H,2-4H2,1H3,(H,10,11,12,13). The highest BCUT2D eigenvalue weighted by molar-refractivity contribution is 5.92. The predicted octanol–water partition coefficient (Wildman–Crippen LogP) is 0.924. The van der Waals surface area contributed by atoms with E-state index in [1.807, 2.05) is 0 Å². The molecule has 4 heteroatoms. The molecule has 0 unspecified atom stereocenters. The van der Waals surface area contributed by atoms with E-state index in [-0.39, 0.29) is 5.91 Å². The lowest BCUT2D eigenvalue weighted by Gasteiger charge is -2.16. The molecule has 1 aliphatic rings. The van der Waals surface area contributed by atoms with Crippen molar-refractivity contribution >= 4 is 11.7 Å². The van der Waals surface area contributed by atoms with E-state index in [9.17, 15) is 4.79 Å². The van der Waals surface area contributed by atoms with E-state index in [0.717, 1.165) is 24.1 Å². The Hall–Kier alpha value is -1.45. The topological polar surface area (TPSA) is 54.9 Å². The lowest BCUT2D eigenvalue weighted by molar-refractivity contribution is -0.116. The van der Waals surface area contributed by atoms with Gasteiger partial charge in [0.05, 0.1) is 0 Å². The molecule has 0 aromatic carbocycles. The number of amides is 1. The third kappa shape index (κ3) is 1.39. The van der Waals surface area contributed by atoms with Crippen LogP contribution in [0.1, 0.15) is 24.6 Å². The molecule has 1 amide bonds. The van der Waals surface area contributed by atoms with Gasteiger partial charge >= 0.3 is 0 Å². The zero-order valence-corrected chi connectivity index (χ0v) is 7.50. The van der Waals surface area contributed by atoms with Crippen LogP contribution in [0.3, 0.4) is 0 Å². The normalized spacial score (nSPS) is 15.0. The summed E-state index contributed by atoms with van der Waals surface area (Å²) in [6.45, 7) is 2.05. The van der Waals surface area contributed by atoms with E-state index >= 15 is 0 Å². The van der Waals surface area contributed by atoms with Crippen LogP contribution in [-0.4, -0.2) is 15.9 Å². The zero-order valence-electron chi connectivity index (χ0n) is 7.50. The van der Waals surface area contributed by atoms with E-state index in [1.54, 1.807) is 0 Å². The number of hydrogen-bond donors (Lipinski definition) is 1. The first-order valence-electron chi connectivity index (χ1n) is 4.44. The molecule has 2 rings (SSSR count). The number of hydrogen-bond acceptors (Lipinski definition) is 3. The maximum atomic E-state index is 11.1. The molecule has 0 fully saturated rings. The largest absolute Gasteiger partial charge is 0.310 e. The molecule has 0 bridgehead atoms. The van der Waals surface area contributed by atoms with Crippen LogP contribution < -0.4 is 5.32 Å². The Bertz CT molecular complexity index is 349. The number of aromatic nitrogens is 2. The number of nitrogens with one attached hydrogen (secondary N) is 1. The summed E-state index contributed by atoms with van der Waals surface area (Å²) in [4.78, 5) is 19.3. The van der Waals surface area contributed by atoms with Crippen molar-refractivity contribution in [3.05, 3.63) is 17.6 Å². The van der Waals surface area contributed by atoms with Crippen LogP contribution in [0.5, 0.6) is 0 Å². The SMILES string of the molecule is CCc1ncnc2c1CCC(=O)N2. The minimum atomic E-state index is 0.0493. The van der Waals surface area contributed by atoms with Crippen LogP contribution in [0.25, 0.3) is 0 Å². The summed E-state index contributed by atoms with van der Waals surface area (Å²) in [7, 11) is 0. The fraction of sp³-hybridized carbons (Fsp3) is 0.444. The molecular formula is C9H11N3O. The smallest absolute Gasteiger partial charge is 0.225 e. The number of nitrogens with zero attached hydrogens (tertiary/aromatic N) is 2. The van der Waals surface area contributed by atoms with Crippen LogP contribution in [0, 0.1) is 0 Å². The molecule has 4 nitrogen and oxygen atoms in total. The van der Waals surface area contributed by atoms with Crippen molar-refractivity contribution in [2.75, 3.05) is 5.32 Å². The Morgan fingerprint density at radius 1 is 1.46 bits per heavy atom. The Labute approximate surface area is 76.4 Å². The maximum absolute atomic E-state index is 11.1. The second-order valence-electron chi connectivity index (χ2n) is 3.05. The van der Waals surface area contributed by atoms with Crippen LogP contribution >= 0.6 is 0 Å². The van der Waals surface area contributed by atoms with E-state index in [1.165, 1.54) is 6.33 Å². The highest BCUT2D eigenvalue weighted by Gasteiger charge is 2.18. The van der Waals surface area contributed by atoms with Crippen molar-refractivity contribution in [2.45, 2.75) is 26.2 Å². The number of aryl methyl sites for hydroxylation is 1. The van der Waals surface area contributed by atoms with Gasteiger partial charge in [-0.2, -0.15) is 0 Å². The molecule has 0 saturated heterocycles. The van der Waals surface area contributed by atoms with Crippen molar-refractivity contribution in [3.63, 3.8) is 0 Å². The van der Waals surface area contributed by atoms with Gasteiger partial charge in [-0.15, -0.1) is 0 Å². The molecule has 2 heterocycles. The van der Waals surface area contributed by atoms with E-state index in [2.05, 4.69) is 22.2 Å². The Morgan fingerprint density at radius 3 is 3.08 bits per heavy atom. The van der Waals surface area contributed by atoms with Crippen LogP contribution in [-0.2, 0) is 17.6 Å². The predicted molar refractivity (Wildman–Crippen MR) is 48.4 cm³/mol. The molecule has 0 aliphatic carbocycles. The molecule has 0 saturated carbocycles. The van der Waals surface area contributed by atoms with Crippen LogP contribution in [0.15, 0.2) is 6.33 Å². The number of fused-ring (bicyclic) bond motifs is 1. The fourth-order valence-corrected chi connectivity index (χ4v) is 1.56. The van der Waals surface area contributed by atoms with Crippen molar-refractivity contribution in [1.29, 1.82) is 0 Å². The summed E-state index contributed by atoms with van der Waals surface area (Å²) < 4.78 is 0. The Balaban J connectivity index is 2.45. The number of carbonyl (C=O) groups is 1. The number of anilines is 1. The van der Waals surface area contributed by atoms with E-state index in [0.29, 0.717) is 12.2 Å². The van der Waals surface area contributed by atoms with Crippen molar-refractivity contribution < 1.29 is 4.79 Å². The minimum Gasteiger partial charge on any atom is -0.310 e. The second-order valence-corrected chi connectivity index (χ2v) is 3.05. The Kier molecular flexibility index (Phi) is 1.96. The average Bonchev–Trinajstić information content (AvgIpc) is 2.16. The molecule has 0 radical (unpaired) electrons. The fourth-order valence-electron chi connectivity index (χ4n) is 1.56. The summed E-state index contributed by atoms with van der Waals surface area (Å²) in [6.07, 6.45) is 3.71. The third-order valence-corrected chi connectivity index (χ3v) is 2.23. The van der Waals surface area contributed by atoms with Gasteiger partial charge in [-0.05, 0) is 12.8 Å². The molecular weight excluding hydrogens is 166 g/mol. The van der Waals surface area contributed by atoms with Crippen LogP contribution in [0.4, 0.5) is 5.82 Å². The zero-order chi connectivity index (χ0) is 9.26. The van der Waals surface area contributed by atoms with Gasteiger partial charge in [0.15, 0.2) is 0 Å². The molecule has 0 spiro atoms. The second kappa shape index (κ2) is 3.12. The number of carbonyl (C=O) groups excluding carboxylic acids is 1. The minimum absolute atomic E-state index is 0.0493. The van der Waals surface area contributed by atoms with Gasteiger partial charge in [0.2, 0.25) is 5.91 Å². The summed E-state index contributed by atoms with van der Waals surface area (Å²) in [5.74, 6) is 0.747. The quantitative estimate of drug-likeness (QED) is 0.694. The highest BCUT2D eigenvalue weighted by Crippen LogP contribution is 2.21. The molecule has 0 atom stereocenters. The van der Waals surface area contributed by atoms with Crippen molar-refractivity contribution in [2.24, 2.45) is 0 Å². The van der Waals surface area contributed by atoms with Crippen molar-refractivity contribution in [1.82, 2.24) is 9.97 Å². The first-order valence-corrected chi connectivity index (χ1v) is 4.44. The van der Waals surface area contributed by atoms with Crippen molar-refractivity contribution in [3.8, 4) is 0 Å². The van der Waals surface area contributed by atoms with E-state index in [4.69, 9.17) is 0 Å². The molecule has 13 heavy (non-hydrogen) atoms. The van der Waals surface area contributed by atoms with Gasteiger partial charge in [-0.1, -0.05) is 6.92 Å². The molecule has 68 valence electrons. The van der Waals surface area contributed by atoms with Gasteiger partial charge in [0.1, 0.15) is 12.1 Å². The summed E-state index contributed by atoms with van der Waals surface area (Å²) in [5, 5.41) is 2.74. The van der Waals surface area contributed by atoms with Gasteiger partial charge in [-0.3, -0.25) is 4.79 Å². The lowest BCUT2D eigenvalue weighted by atomic mass is 10.0. The highest BCUT2D eigenvalue weighted by atomic mass is 16.1. The molecule has 1 aliphatic heterocycles. The first kappa shape index (κ1) is 8.16. The first-order chi connectivity index (χ1) is 6.31. The monoisotopic (exact) mass is 177 g/mol. The van der Waals surface area contributed by atoms with Gasteiger partial charge in [0.25, 0.3) is 0 Å². The maximum Gasteiger partial charge on any atom is 0.225 e. The Morgan fingerprint density at radius 2 is 2.31 bits per heavy atom. The average molecular weight is 177 g/mol. The summed E-state index contributed by atoms with van der Waals surface area (Å²) in [6, 6.07) is 0. The third-order valence-electron chi connectivity index (χ3n) is 2.23. The van der Waals surface area contributed by atoms with E-state index < -0.39 is 0 Å². The summed E-state index contributed by atoms with van der Waals surface area (Å²) in [5.41, 5.74) is 2.15. The molecule has 1 aromatic rings. The molecule has 1 aromatic heterocycles.